The Hall–Kier alpha value is 0.0700. The molecule has 0 aromatic heterocycles. The van der Waals surface area contributed by atoms with E-state index in [2.05, 4.69) is 43.7 Å². The third-order valence-electron chi connectivity index (χ3n) is 2.02. The molecule has 1 aromatic carbocycles. The molecule has 1 atom stereocenters. The molecule has 1 nitrogen and oxygen atoms in total. The zero-order valence-corrected chi connectivity index (χ0v) is 12.0. The fraction of sp³-hybridized carbons (Fsp3) is 0.455. The van der Waals surface area contributed by atoms with Crippen LogP contribution in [0.2, 0.25) is 0 Å². The molecule has 0 saturated heterocycles. The first-order valence-electron chi connectivity index (χ1n) is 4.75. The van der Waals surface area contributed by atoms with Crippen LogP contribution in [0, 0.1) is 5.82 Å². The van der Waals surface area contributed by atoms with Crippen LogP contribution in [0.15, 0.2) is 22.7 Å². The van der Waals surface area contributed by atoms with Gasteiger partial charge in [0.2, 0.25) is 0 Å². The van der Waals surface area contributed by atoms with Gasteiger partial charge in [0.15, 0.2) is 0 Å². The second-order valence-corrected chi connectivity index (χ2v) is 6.19. The summed E-state index contributed by atoms with van der Waals surface area (Å²) in [5.74, 6) is -0.154. The molecule has 15 heavy (non-hydrogen) atoms. The predicted molar refractivity (Wildman–Crippen MR) is 68.8 cm³/mol. The summed E-state index contributed by atoms with van der Waals surface area (Å²) < 4.78 is 14.3. The van der Waals surface area contributed by atoms with Crippen molar-refractivity contribution in [1.82, 2.24) is 4.90 Å². The number of alkyl halides is 1. The van der Waals surface area contributed by atoms with Gasteiger partial charge in [-0.05, 0) is 19.2 Å². The number of rotatable bonds is 4. The highest BCUT2D eigenvalue weighted by molar-refractivity contribution is 9.10. The summed E-state index contributed by atoms with van der Waals surface area (Å²) >= 11 is 6.72. The second-order valence-electron chi connectivity index (χ2n) is 3.71. The molecule has 0 spiro atoms. The Kier molecular flexibility index (Phi) is 5.23. The summed E-state index contributed by atoms with van der Waals surface area (Å²) in [4.78, 5) is 2.51. The zero-order chi connectivity index (χ0) is 11.4. The van der Waals surface area contributed by atoms with Crippen molar-refractivity contribution in [2.24, 2.45) is 0 Å². The van der Waals surface area contributed by atoms with Crippen LogP contribution in [0.1, 0.15) is 12.5 Å². The monoisotopic (exact) mass is 337 g/mol. The SMILES string of the molecule is CC(Br)CN(C)Cc1ccc(Br)cc1F. The van der Waals surface area contributed by atoms with Gasteiger partial charge in [-0.15, -0.1) is 0 Å². The van der Waals surface area contributed by atoms with Gasteiger partial charge in [0.1, 0.15) is 5.82 Å². The molecular formula is C11H14Br2FN. The lowest BCUT2D eigenvalue weighted by Crippen LogP contribution is -2.24. The summed E-state index contributed by atoms with van der Waals surface area (Å²) in [6.45, 7) is 3.61. The van der Waals surface area contributed by atoms with Crippen molar-refractivity contribution in [3.05, 3.63) is 34.1 Å². The predicted octanol–water partition coefficient (Wildman–Crippen LogP) is 3.80. The summed E-state index contributed by atoms with van der Waals surface area (Å²) in [7, 11) is 1.99. The van der Waals surface area contributed by atoms with Gasteiger partial charge < -0.3 is 4.90 Å². The highest BCUT2D eigenvalue weighted by Gasteiger charge is 2.07. The highest BCUT2D eigenvalue weighted by Crippen LogP contribution is 2.16. The van der Waals surface area contributed by atoms with Crippen LogP contribution in [-0.4, -0.2) is 23.3 Å². The minimum absolute atomic E-state index is 0.154. The maximum Gasteiger partial charge on any atom is 0.128 e. The van der Waals surface area contributed by atoms with Crippen LogP contribution >= 0.6 is 31.9 Å². The normalized spacial score (nSPS) is 13.2. The van der Waals surface area contributed by atoms with E-state index < -0.39 is 0 Å². The molecular weight excluding hydrogens is 325 g/mol. The first kappa shape index (κ1) is 13.1. The van der Waals surface area contributed by atoms with Gasteiger partial charge in [-0.1, -0.05) is 44.8 Å². The molecule has 0 heterocycles. The molecule has 1 rings (SSSR count). The molecule has 0 N–H and O–H groups in total. The smallest absolute Gasteiger partial charge is 0.128 e. The van der Waals surface area contributed by atoms with Crippen molar-refractivity contribution in [1.29, 1.82) is 0 Å². The Morgan fingerprint density at radius 3 is 2.67 bits per heavy atom. The Labute approximate surface area is 107 Å². The Bertz CT molecular complexity index is 328. The van der Waals surface area contributed by atoms with Crippen molar-refractivity contribution in [3.8, 4) is 0 Å². The van der Waals surface area contributed by atoms with Crippen molar-refractivity contribution in [2.75, 3.05) is 13.6 Å². The maximum absolute atomic E-state index is 13.5. The second kappa shape index (κ2) is 5.97. The first-order chi connectivity index (χ1) is 6.99. The summed E-state index contributed by atoms with van der Waals surface area (Å²) in [5, 5.41) is 0. The topological polar surface area (TPSA) is 3.24 Å². The molecule has 0 amide bonds. The van der Waals surface area contributed by atoms with Gasteiger partial charge in [0.25, 0.3) is 0 Å². The van der Waals surface area contributed by atoms with Gasteiger partial charge in [-0.2, -0.15) is 0 Å². The molecule has 0 aliphatic heterocycles. The van der Waals surface area contributed by atoms with Gasteiger partial charge in [-0.25, -0.2) is 4.39 Å². The van der Waals surface area contributed by atoms with E-state index in [9.17, 15) is 4.39 Å². The van der Waals surface area contributed by atoms with Crippen LogP contribution in [0.3, 0.4) is 0 Å². The lowest BCUT2D eigenvalue weighted by Gasteiger charge is -2.18. The molecule has 0 bridgehead atoms. The van der Waals surface area contributed by atoms with Crippen LogP contribution in [0.5, 0.6) is 0 Å². The third kappa shape index (κ3) is 4.62. The van der Waals surface area contributed by atoms with Crippen molar-refractivity contribution >= 4 is 31.9 Å². The Morgan fingerprint density at radius 1 is 1.47 bits per heavy atom. The average Bonchev–Trinajstić information content (AvgIpc) is 2.08. The number of halogens is 3. The van der Waals surface area contributed by atoms with E-state index in [1.165, 1.54) is 6.07 Å². The van der Waals surface area contributed by atoms with Crippen molar-refractivity contribution < 1.29 is 4.39 Å². The highest BCUT2D eigenvalue weighted by atomic mass is 79.9. The number of benzene rings is 1. The molecule has 0 aliphatic rings. The van der Waals surface area contributed by atoms with E-state index in [0.717, 1.165) is 16.6 Å². The molecule has 0 aliphatic carbocycles. The van der Waals surface area contributed by atoms with E-state index >= 15 is 0 Å². The largest absolute Gasteiger partial charge is 0.301 e. The van der Waals surface area contributed by atoms with E-state index in [0.29, 0.717) is 11.4 Å². The number of nitrogens with zero attached hydrogens (tertiary/aromatic N) is 1. The average molecular weight is 339 g/mol. The fourth-order valence-electron chi connectivity index (χ4n) is 1.43. The zero-order valence-electron chi connectivity index (χ0n) is 8.80. The summed E-state index contributed by atoms with van der Waals surface area (Å²) in [6.07, 6.45) is 0. The van der Waals surface area contributed by atoms with E-state index in [1.807, 2.05) is 19.2 Å². The Morgan fingerprint density at radius 2 is 2.13 bits per heavy atom. The lowest BCUT2D eigenvalue weighted by molar-refractivity contribution is 0.327. The summed E-state index contributed by atoms with van der Waals surface area (Å²) in [6, 6.07) is 5.18. The molecule has 1 aromatic rings. The third-order valence-corrected chi connectivity index (χ3v) is 2.80. The summed E-state index contributed by atoms with van der Waals surface area (Å²) in [5.41, 5.74) is 0.730. The minimum Gasteiger partial charge on any atom is -0.301 e. The fourth-order valence-corrected chi connectivity index (χ4v) is 2.26. The molecule has 0 radical (unpaired) electrons. The van der Waals surface area contributed by atoms with E-state index in [1.54, 1.807) is 0 Å². The van der Waals surface area contributed by atoms with Crippen LogP contribution < -0.4 is 0 Å². The van der Waals surface area contributed by atoms with Crippen LogP contribution in [0.25, 0.3) is 0 Å². The molecule has 1 unspecified atom stereocenters. The van der Waals surface area contributed by atoms with Gasteiger partial charge in [0.05, 0.1) is 0 Å². The van der Waals surface area contributed by atoms with Crippen molar-refractivity contribution in [2.45, 2.75) is 18.3 Å². The van der Waals surface area contributed by atoms with Crippen molar-refractivity contribution in [3.63, 3.8) is 0 Å². The molecule has 4 heteroatoms. The standard InChI is InChI=1S/C11H14Br2FN/c1-8(12)6-15(2)7-9-3-4-10(13)5-11(9)14/h3-5,8H,6-7H2,1-2H3. The molecule has 84 valence electrons. The van der Waals surface area contributed by atoms with Crippen LogP contribution in [0.4, 0.5) is 4.39 Å². The first-order valence-corrected chi connectivity index (χ1v) is 6.46. The quantitative estimate of drug-likeness (QED) is 0.755. The van der Waals surface area contributed by atoms with Gasteiger partial charge >= 0.3 is 0 Å². The van der Waals surface area contributed by atoms with Gasteiger partial charge in [-0.3, -0.25) is 0 Å². The molecule has 0 fully saturated rings. The lowest BCUT2D eigenvalue weighted by atomic mass is 10.2. The van der Waals surface area contributed by atoms with Crippen LogP contribution in [-0.2, 0) is 6.54 Å². The number of hydrogen-bond donors (Lipinski definition) is 0. The number of hydrogen-bond acceptors (Lipinski definition) is 1. The minimum atomic E-state index is -0.154. The van der Waals surface area contributed by atoms with E-state index in [-0.39, 0.29) is 5.82 Å². The van der Waals surface area contributed by atoms with Gasteiger partial charge in [0, 0.05) is 28.0 Å². The van der Waals surface area contributed by atoms with E-state index in [4.69, 9.17) is 0 Å². The molecule has 0 saturated carbocycles. The Balaban J connectivity index is 2.64. The maximum atomic E-state index is 13.5.